The topological polar surface area (TPSA) is 159 Å². The maximum Gasteiger partial charge on any atom is 0.334 e. The average Bonchev–Trinajstić information content (AvgIpc) is 3.28. The Labute approximate surface area is 200 Å². The summed E-state index contributed by atoms with van der Waals surface area (Å²) in [5.41, 5.74) is -0.269. The van der Waals surface area contributed by atoms with Crippen LogP contribution in [-0.4, -0.2) is 52.9 Å². The molecule has 1 unspecified atom stereocenters. The maximum atomic E-state index is 14.2. The van der Waals surface area contributed by atoms with Crippen molar-refractivity contribution < 1.29 is 42.9 Å². The van der Waals surface area contributed by atoms with Crippen LogP contribution in [0.5, 0.6) is 17.2 Å². The molecule has 3 aromatic rings. The number of carboxylic acids is 1. The highest BCUT2D eigenvalue weighted by molar-refractivity contribution is 7.14. The summed E-state index contributed by atoms with van der Waals surface area (Å²) in [6.07, 6.45) is -1.78. The largest absolute Gasteiger partial charge is 0.493 e. The summed E-state index contributed by atoms with van der Waals surface area (Å²) >= 11 is 0.880. The number of nitrogens with zero attached hydrogens (tertiary/aromatic N) is 1. The van der Waals surface area contributed by atoms with Crippen LogP contribution in [0.25, 0.3) is 0 Å². The van der Waals surface area contributed by atoms with Gasteiger partial charge in [-0.2, -0.15) is 0 Å². The van der Waals surface area contributed by atoms with Gasteiger partial charge in [0.15, 0.2) is 28.6 Å². The Hall–Kier alpha value is -4.30. The molecule has 0 aliphatic carbocycles. The molecule has 5 N–H and O–H groups in total. The molecule has 1 atom stereocenters. The van der Waals surface area contributed by atoms with E-state index < -0.39 is 42.2 Å². The number of nitrogens with one attached hydrogen (secondary N) is 3. The standard InChI is InChI=1S/C21H18F2N4O7S/c1-33-16-4-2-3-11(23)17(16)34-15-6-5-10(22)7-12(15)25-20(32)27-21-26-13(9-35-21)18(29)24-8-14(28)19(30)31/h2-7,9,14,28H,8H2,1H3,(H,24,29)(H,30,31)(H2,25,26,27,32). The first-order valence-electron chi connectivity index (χ1n) is 9.70. The number of aliphatic hydroxyl groups is 1. The quantitative estimate of drug-likeness (QED) is 0.295. The third-order valence-electron chi connectivity index (χ3n) is 4.25. The second-order valence-electron chi connectivity index (χ2n) is 6.69. The fraction of sp³-hybridized carbons (Fsp3) is 0.143. The van der Waals surface area contributed by atoms with Crippen LogP contribution in [-0.2, 0) is 4.79 Å². The monoisotopic (exact) mass is 508 g/mol. The number of amides is 3. The fourth-order valence-corrected chi connectivity index (χ4v) is 3.29. The number of aliphatic hydroxyl groups excluding tert-OH is 1. The number of carbonyl (C=O) groups excluding carboxylic acids is 2. The number of para-hydroxylation sites is 1. The van der Waals surface area contributed by atoms with Crippen molar-refractivity contribution in [2.75, 3.05) is 24.3 Å². The summed E-state index contributed by atoms with van der Waals surface area (Å²) in [6, 6.07) is 6.34. The van der Waals surface area contributed by atoms with E-state index in [0.29, 0.717) is 0 Å². The predicted molar refractivity (Wildman–Crippen MR) is 120 cm³/mol. The van der Waals surface area contributed by atoms with Crippen LogP contribution in [0.15, 0.2) is 41.8 Å². The molecule has 0 bridgehead atoms. The molecule has 3 rings (SSSR count). The highest BCUT2D eigenvalue weighted by atomic mass is 32.1. The SMILES string of the molecule is COc1cccc(F)c1Oc1ccc(F)cc1NC(=O)Nc1nc(C(=O)NCC(O)C(=O)O)cs1. The van der Waals surface area contributed by atoms with Gasteiger partial charge in [0.1, 0.15) is 11.5 Å². The summed E-state index contributed by atoms with van der Waals surface area (Å²) in [6.45, 7) is -0.538. The Kier molecular flexibility index (Phi) is 8.12. The van der Waals surface area contributed by atoms with E-state index in [0.717, 1.165) is 29.5 Å². The van der Waals surface area contributed by atoms with E-state index in [4.69, 9.17) is 14.6 Å². The summed E-state index contributed by atoms with van der Waals surface area (Å²) in [7, 11) is 1.32. The Morgan fingerprint density at radius 2 is 1.91 bits per heavy atom. The van der Waals surface area contributed by atoms with Gasteiger partial charge < -0.3 is 30.3 Å². The minimum atomic E-state index is -1.78. The van der Waals surface area contributed by atoms with Gasteiger partial charge in [0, 0.05) is 11.4 Å². The lowest BCUT2D eigenvalue weighted by Gasteiger charge is -2.15. The number of ether oxygens (including phenoxy) is 2. The third kappa shape index (κ3) is 6.61. The van der Waals surface area contributed by atoms with Crippen LogP contribution in [0, 0.1) is 11.6 Å². The molecular formula is C21H18F2N4O7S. The first-order chi connectivity index (χ1) is 16.7. The number of rotatable bonds is 9. The molecule has 14 heteroatoms. The van der Waals surface area contributed by atoms with Crippen molar-refractivity contribution in [2.45, 2.75) is 6.10 Å². The van der Waals surface area contributed by atoms with E-state index in [2.05, 4.69) is 20.9 Å². The summed E-state index contributed by atoms with van der Waals surface area (Å²) in [5, 5.41) is 26.0. The molecule has 3 amide bonds. The molecule has 0 fully saturated rings. The lowest BCUT2D eigenvalue weighted by atomic mass is 10.2. The third-order valence-corrected chi connectivity index (χ3v) is 5.01. The zero-order valence-electron chi connectivity index (χ0n) is 17.9. The van der Waals surface area contributed by atoms with Crippen LogP contribution in [0.2, 0.25) is 0 Å². The molecule has 1 aromatic heterocycles. The molecule has 184 valence electrons. The van der Waals surface area contributed by atoms with Crippen molar-refractivity contribution in [3.8, 4) is 17.2 Å². The zero-order valence-corrected chi connectivity index (χ0v) is 18.7. The lowest BCUT2D eigenvalue weighted by molar-refractivity contribution is -0.146. The normalized spacial score (nSPS) is 11.3. The number of hydrogen-bond donors (Lipinski definition) is 5. The molecule has 0 aliphatic heterocycles. The van der Waals surface area contributed by atoms with Crippen LogP contribution in [0.3, 0.4) is 0 Å². The molecule has 0 radical (unpaired) electrons. The molecular weight excluding hydrogens is 490 g/mol. The van der Waals surface area contributed by atoms with Crippen molar-refractivity contribution >= 4 is 40.1 Å². The van der Waals surface area contributed by atoms with Crippen molar-refractivity contribution in [2.24, 2.45) is 0 Å². The van der Waals surface area contributed by atoms with Crippen molar-refractivity contribution in [3.05, 3.63) is 59.1 Å². The number of methoxy groups -OCH3 is 1. The summed E-state index contributed by atoms with van der Waals surface area (Å²) in [4.78, 5) is 38.9. The highest BCUT2D eigenvalue weighted by Crippen LogP contribution is 2.37. The van der Waals surface area contributed by atoms with Crippen molar-refractivity contribution in [3.63, 3.8) is 0 Å². The molecule has 0 saturated heterocycles. The second-order valence-corrected chi connectivity index (χ2v) is 7.55. The average molecular weight is 508 g/mol. The van der Waals surface area contributed by atoms with Gasteiger partial charge in [0.2, 0.25) is 5.75 Å². The maximum absolute atomic E-state index is 14.2. The smallest absolute Gasteiger partial charge is 0.334 e. The number of halogens is 2. The number of urea groups is 1. The Morgan fingerprint density at radius 1 is 1.14 bits per heavy atom. The van der Waals surface area contributed by atoms with Crippen LogP contribution in [0.4, 0.5) is 24.4 Å². The van der Waals surface area contributed by atoms with Crippen LogP contribution >= 0.6 is 11.3 Å². The van der Waals surface area contributed by atoms with E-state index in [1.54, 1.807) is 0 Å². The Balaban J connectivity index is 1.69. The summed E-state index contributed by atoms with van der Waals surface area (Å²) in [5.74, 6) is -3.99. The predicted octanol–water partition coefficient (Wildman–Crippen LogP) is 3.04. The number of carboxylic acid groups (broad SMARTS) is 1. The Morgan fingerprint density at radius 3 is 2.63 bits per heavy atom. The number of carbonyl (C=O) groups is 3. The molecule has 0 aliphatic rings. The number of anilines is 2. The first-order valence-corrected chi connectivity index (χ1v) is 10.6. The molecule has 1 heterocycles. The lowest BCUT2D eigenvalue weighted by Crippen LogP contribution is -2.36. The Bertz CT molecular complexity index is 1250. The second kappa shape index (κ2) is 11.2. The molecule has 11 nitrogen and oxygen atoms in total. The van der Waals surface area contributed by atoms with E-state index in [-0.39, 0.29) is 33.8 Å². The van der Waals surface area contributed by atoms with Gasteiger partial charge >= 0.3 is 12.0 Å². The summed E-state index contributed by atoms with van der Waals surface area (Å²) < 4.78 is 38.6. The molecule has 2 aromatic carbocycles. The zero-order chi connectivity index (χ0) is 25.5. The number of aromatic nitrogens is 1. The van der Waals surface area contributed by atoms with Gasteiger partial charge in [-0.25, -0.2) is 23.4 Å². The van der Waals surface area contributed by atoms with E-state index in [1.165, 1.54) is 30.7 Å². The van der Waals surface area contributed by atoms with Gasteiger partial charge in [0.05, 0.1) is 19.3 Å². The fourth-order valence-electron chi connectivity index (χ4n) is 2.60. The molecule has 35 heavy (non-hydrogen) atoms. The number of aliphatic carboxylic acids is 1. The van der Waals surface area contributed by atoms with Gasteiger partial charge in [-0.15, -0.1) is 11.3 Å². The van der Waals surface area contributed by atoms with Gasteiger partial charge in [-0.3, -0.25) is 10.1 Å². The van der Waals surface area contributed by atoms with E-state index in [1.807, 2.05) is 0 Å². The minimum absolute atomic E-state index is 0.0129. The number of hydrogen-bond acceptors (Lipinski definition) is 8. The van der Waals surface area contributed by atoms with E-state index >= 15 is 0 Å². The van der Waals surface area contributed by atoms with Crippen LogP contribution in [0.1, 0.15) is 10.5 Å². The minimum Gasteiger partial charge on any atom is -0.493 e. The first kappa shape index (κ1) is 25.3. The van der Waals surface area contributed by atoms with Crippen molar-refractivity contribution in [1.82, 2.24) is 10.3 Å². The van der Waals surface area contributed by atoms with Gasteiger partial charge in [0.25, 0.3) is 5.91 Å². The number of thiazole rings is 1. The van der Waals surface area contributed by atoms with Gasteiger partial charge in [-0.05, 0) is 24.3 Å². The molecule has 0 saturated carbocycles. The van der Waals surface area contributed by atoms with Gasteiger partial charge in [-0.1, -0.05) is 6.07 Å². The highest BCUT2D eigenvalue weighted by Gasteiger charge is 2.19. The molecule has 0 spiro atoms. The van der Waals surface area contributed by atoms with Crippen LogP contribution < -0.4 is 25.4 Å². The van der Waals surface area contributed by atoms with Crippen molar-refractivity contribution in [1.29, 1.82) is 0 Å². The number of benzene rings is 2. The van der Waals surface area contributed by atoms with E-state index in [9.17, 15) is 28.3 Å².